The predicted molar refractivity (Wildman–Crippen MR) is 53.1 cm³/mol. The van der Waals surface area contributed by atoms with Gasteiger partial charge in [-0.05, 0) is 43.0 Å². The van der Waals surface area contributed by atoms with Crippen LogP contribution in [0.3, 0.4) is 0 Å². The molecule has 0 amide bonds. The van der Waals surface area contributed by atoms with Crippen molar-refractivity contribution in [2.24, 2.45) is 5.73 Å². The molecule has 1 heterocycles. The van der Waals surface area contributed by atoms with Crippen LogP contribution < -0.4 is 10.5 Å². The normalized spacial score (nSPS) is 20.7. The highest BCUT2D eigenvalue weighted by atomic mass is 16.5. The predicted octanol–water partition coefficient (Wildman–Crippen LogP) is 1.57. The van der Waals surface area contributed by atoms with Crippen LogP contribution in [0.5, 0.6) is 5.75 Å². The van der Waals surface area contributed by atoms with Crippen molar-refractivity contribution in [1.29, 1.82) is 0 Å². The summed E-state index contributed by atoms with van der Waals surface area (Å²) in [5, 5.41) is 0. The third-order valence-corrected chi connectivity index (χ3v) is 2.50. The molecule has 1 atom stereocenters. The van der Waals surface area contributed by atoms with E-state index < -0.39 is 0 Å². The van der Waals surface area contributed by atoms with Crippen LogP contribution in [0.15, 0.2) is 12.1 Å². The Bertz CT molecular complexity index is 333. The standard InChI is InChI=1S/C11H15NO/c1-7-3-8(2)10-5-9(12)6-13-11(10)4-7/h3-4,9H,5-6,12H2,1-2H3. The van der Waals surface area contributed by atoms with Gasteiger partial charge in [0.05, 0.1) is 0 Å². The molecule has 1 aliphatic rings. The summed E-state index contributed by atoms with van der Waals surface area (Å²) in [6.07, 6.45) is 0.946. The molecule has 2 nitrogen and oxygen atoms in total. The average Bonchev–Trinajstić information content (AvgIpc) is 2.06. The molecule has 70 valence electrons. The molecule has 0 spiro atoms. The molecule has 1 aliphatic heterocycles. The summed E-state index contributed by atoms with van der Waals surface area (Å²) in [5.74, 6) is 1.03. The second kappa shape index (κ2) is 3.04. The Morgan fingerprint density at radius 1 is 1.38 bits per heavy atom. The first-order valence-electron chi connectivity index (χ1n) is 4.65. The van der Waals surface area contributed by atoms with Gasteiger partial charge >= 0.3 is 0 Å². The Balaban J connectivity index is 2.47. The fourth-order valence-corrected chi connectivity index (χ4v) is 1.87. The van der Waals surface area contributed by atoms with Crippen molar-refractivity contribution in [3.05, 3.63) is 28.8 Å². The van der Waals surface area contributed by atoms with Gasteiger partial charge in [-0.2, -0.15) is 0 Å². The molecule has 1 aromatic rings. The maximum atomic E-state index is 5.83. The highest BCUT2D eigenvalue weighted by molar-refractivity contribution is 5.44. The quantitative estimate of drug-likeness (QED) is 0.652. The maximum Gasteiger partial charge on any atom is 0.123 e. The smallest absolute Gasteiger partial charge is 0.123 e. The van der Waals surface area contributed by atoms with Crippen molar-refractivity contribution in [2.45, 2.75) is 26.3 Å². The van der Waals surface area contributed by atoms with E-state index in [0.29, 0.717) is 6.61 Å². The van der Waals surface area contributed by atoms with Gasteiger partial charge in [0.25, 0.3) is 0 Å². The van der Waals surface area contributed by atoms with E-state index in [0.717, 1.165) is 12.2 Å². The summed E-state index contributed by atoms with van der Waals surface area (Å²) in [5.41, 5.74) is 9.67. The van der Waals surface area contributed by atoms with E-state index in [1.54, 1.807) is 0 Å². The Kier molecular flexibility index (Phi) is 2.00. The number of hydrogen-bond acceptors (Lipinski definition) is 2. The van der Waals surface area contributed by atoms with Gasteiger partial charge in [-0.25, -0.2) is 0 Å². The lowest BCUT2D eigenvalue weighted by Gasteiger charge is -2.24. The largest absolute Gasteiger partial charge is 0.492 e. The third kappa shape index (κ3) is 1.54. The van der Waals surface area contributed by atoms with Gasteiger partial charge in [0, 0.05) is 6.04 Å². The average molecular weight is 177 g/mol. The molecular formula is C11H15NO. The van der Waals surface area contributed by atoms with Crippen LogP contribution in [-0.4, -0.2) is 12.6 Å². The fraction of sp³-hybridized carbons (Fsp3) is 0.455. The SMILES string of the molecule is Cc1cc(C)c2c(c1)OCC(N)C2. The van der Waals surface area contributed by atoms with E-state index in [-0.39, 0.29) is 6.04 Å². The van der Waals surface area contributed by atoms with E-state index in [4.69, 9.17) is 10.5 Å². The lowest BCUT2D eigenvalue weighted by atomic mass is 9.97. The van der Waals surface area contributed by atoms with Crippen LogP contribution in [-0.2, 0) is 6.42 Å². The Morgan fingerprint density at radius 2 is 2.15 bits per heavy atom. The summed E-state index contributed by atoms with van der Waals surface area (Å²) < 4.78 is 5.57. The lowest BCUT2D eigenvalue weighted by Crippen LogP contribution is -2.34. The van der Waals surface area contributed by atoms with E-state index >= 15 is 0 Å². The van der Waals surface area contributed by atoms with Crippen molar-refractivity contribution in [3.8, 4) is 5.75 Å². The fourth-order valence-electron chi connectivity index (χ4n) is 1.87. The monoisotopic (exact) mass is 177 g/mol. The van der Waals surface area contributed by atoms with Gasteiger partial charge in [0.1, 0.15) is 12.4 Å². The second-order valence-corrected chi connectivity index (χ2v) is 3.83. The molecule has 2 N–H and O–H groups in total. The number of benzene rings is 1. The van der Waals surface area contributed by atoms with Crippen LogP contribution >= 0.6 is 0 Å². The Labute approximate surface area is 78.7 Å². The molecule has 0 aromatic heterocycles. The van der Waals surface area contributed by atoms with Crippen LogP contribution in [0.2, 0.25) is 0 Å². The molecule has 1 aromatic carbocycles. The topological polar surface area (TPSA) is 35.2 Å². The minimum absolute atomic E-state index is 0.161. The molecule has 2 heteroatoms. The van der Waals surface area contributed by atoms with Gasteiger partial charge < -0.3 is 10.5 Å². The molecule has 1 unspecified atom stereocenters. The van der Waals surface area contributed by atoms with Crippen LogP contribution in [0.1, 0.15) is 16.7 Å². The number of hydrogen-bond donors (Lipinski definition) is 1. The summed E-state index contributed by atoms with van der Waals surface area (Å²) in [6.45, 7) is 4.86. The molecule has 0 saturated heterocycles. The van der Waals surface area contributed by atoms with Crippen LogP contribution in [0, 0.1) is 13.8 Å². The summed E-state index contributed by atoms with van der Waals surface area (Å²) in [4.78, 5) is 0. The van der Waals surface area contributed by atoms with E-state index in [1.165, 1.54) is 16.7 Å². The first-order valence-corrected chi connectivity index (χ1v) is 4.65. The highest BCUT2D eigenvalue weighted by Crippen LogP contribution is 2.28. The van der Waals surface area contributed by atoms with Gasteiger partial charge in [-0.1, -0.05) is 6.07 Å². The number of nitrogens with two attached hydrogens (primary N) is 1. The molecule has 0 fully saturated rings. The number of rotatable bonds is 0. The molecular weight excluding hydrogens is 162 g/mol. The van der Waals surface area contributed by atoms with Crippen molar-refractivity contribution in [2.75, 3.05) is 6.61 Å². The molecule has 2 rings (SSSR count). The minimum Gasteiger partial charge on any atom is -0.492 e. The first-order chi connectivity index (χ1) is 6.16. The molecule has 0 radical (unpaired) electrons. The second-order valence-electron chi connectivity index (χ2n) is 3.83. The van der Waals surface area contributed by atoms with Crippen LogP contribution in [0.25, 0.3) is 0 Å². The highest BCUT2D eigenvalue weighted by Gasteiger charge is 2.18. The first kappa shape index (κ1) is 8.57. The zero-order chi connectivity index (χ0) is 9.42. The van der Waals surface area contributed by atoms with Crippen molar-refractivity contribution in [1.82, 2.24) is 0 Å². The molecule has 13 heavy (non-hydrogen) atoms. The number of fused-ring (bicyclic) bond motifs is 1. The van der Waals surface area contributed by atoms with E-state index in [2.05, 4.69) is 26.0 Å². The Morgan fingerprint density at radius 3 is 2.92 bits per heavy atom. The molecule has 0 bridgehead atoms. The Hall–Kier alpha value is -1.02. The van der Waals surface area contributed by atoms with Gasteiger partial charge in [0.2, 0.25) is 0 Å². The van der Waals surface area contributed by atoms with Crippen LogP contribution in [0.4, 0.5) is 0 Å². The van der Waals surface area contributed by atoms with E-state index in [1.807, 2.05) is 0 Å². The van der Waals surface area contributed by atoms with Crippen molar-refractivity contribution < 1.29 is 4.74 Å². The third-order valence-electron chi connectivity index (χ3n) is 2.50. The maximum absolute atomic E-state index is 5.83. The minimum atomic E-state index is 0.161. The zero-order valence-corrected chi connectivity index (χ0v) is 8.13. The summed E-state index contributed by atoms with van der Waals surface area (Å²) in [7, 11) is 0. The molecule has 0 saturated carbocycles. The van der Waals surface area contributed by atoms with Crippen molar-refractivity contribution >= 4 is 0 Å². The van der Waals surface area contributed by atoms with Gasteiger partial charge in [0.15, 0.2) is 0 Å². The van der Waals surface area contributed by atoms with Gasteiger partial charge in [-0.15, -0.1) is 0 Å². The van der Waals surface area contributed by atoms with E-state index in [9.17, 15) is 0 Å². The lowest BCUT2D eigenvalue weighted by molar-refractivity contribution is 0.263. The molecule has 0 aliphatic carbocycles. The number of ether oxygens (including phenoxy) is 1. The van der Waals surface area contributed by atoms with Crippen molar-refractivity contribution in [3.63, 3.8) is 0 Å². The zero-order valence-electron chi connectivity index (χ0n) is 8.13. The number of aryl methyl sites for hydroxylation is 2. The van der Waals surface area contributed by atoms with Gasteiger partial charge in [-0.3, -0.25) is 0 Å². The summed E-state index contributed by atoms with van der Waals surface area (Å²) >= 11 is 0. The summed E-state index contributed by atoms with van der Waals surface area (Å²) in [6, 6.07) is 4.43.